The fourth-order valence-electron chi connectivity index (χ4n) is 1.75. The number of nitrogens with one attached hydrogen (secondary N) is 1. The lowest BCUT2D eigenvalue weighted by molar-refractivity contribution is -0.121. The predicted molar refractivity (Wildman–Crippen MR) is 62.7 cm³/mol. The van der Waals surface area contributed by atoms with Gasteiger partial charge in [-0.15, -0.1) is 0 Å². The molecule has 1 amide bonds. The van der Waals surface area contributed by atoms with Crippen LogP contribution in [0, 0.1) is 0 Å². The molecule has 0 bridgehead atoms. The van der Waals surface area contributed by atoms with Gasteiger partial charge in [0.1, 0.15) is 24.0 Å². The average Bonchev–Trinajstić information content (AvgIpc) is 2.39. The number of aromatic nitrogens is 2. The molecule has 1 atom stereocenters. The minimum Gasteiger partial charge on any atom is -0.377 e. The Morgan fingerprint density at radius 3 is 3.18 bits per heavy atom. The van der Waals surface area contributed by atoms with Crippen LogP contribution in [0.2, 0.25) is 0 Å². The summed E-state index contributed by atoms with van der Waals surface area (Å²) in [5.41, 5.74) is 5.35. The van der Waals surface area contributed by atoms with Gasteiger partial charge in [-0.2, -0.15) is 0 Å². The molecule has 1 aliphatic heterocycles. The molecule has 1 aromatic rings. The minimum absolute atomic E-state index is 0.300. The second kappa shape index (κ2) is 4.96. The van der Waals surface area contributed by atoms with E-state index >= 15 is 0 Å². The standard InChI is InChI=1S/C10H15N5O2/c1-12-8-4-9(14-6-13-8)15-2-3-17-5-7(15)10(11)16/h4,6-7H,2-3,5H2,1H3,(H2,11,16)(H,12,13,14). The summed E-state index contributed by atoms with van der Waals surface area (Å²) >= 11 is 0. The molecule has 3 N–H and O–H groups in total. The van der Waals surface area contributed by atoms with Crippen LogP contribution in [0.1, 0.15) is 0 Å². The van der Waals surface area contributed by atoms with Gasteiger partial charge in [-0.05, 0) is 0 Å². The monoisotopic (exact) mass is 237 g/mol. The van der Waals surface area contributed by atoms with Crippen LogP contribution in [-0.4, -0.2) is 48.7 Å². The molecule has 1 aromatic heterocycles. The van der Waals surface area contributed by atoms with Crippen LogP contribution in [0.3, 0.4) is 0 Å². The van der Waals surface area contributed by atoms with E-state index in [1.165, 1.54) is 6.33 Å². The molecule has 0 spiro atoms. The number of hydrogen-bond donors (Lipinski definition) is 2. The number of nitrogens with two attached hydrogens (primary N) is 1. The van der Waals surface area contributed by atoms with Crippen molar-refractivity contribution in [2.75, 3.05) is 37.0 Å². The number of ether oxygens (including phenoxy) is 1. The number of hydrogen-bond acceptors (Lipinski definition) is 6. The van der Waals surface area contributed by atoms with Gasteiger partial charge in [-0.25, -0.2) is 9.97 Å². The highest BCUT2D eigenvalue weighted by atomic mass is 16.5. The van der Waals surface area contributed by atoms with E-state index in [0.717, 1.165) is 0 Å². The average molecular weight is 237 g/mol. The largest absolute Gasteiger partial charge is 0.377 e. The van der Waals surface area contributed by atoms with Crippen molar-refractivity contribution < 1.29 is 9.53 Å². The minimum atomic E-state index is -0.469. The molecule has 0 saturated carbocycles. The first-order valence-corrected chi connectivity index (χ1v) is 5.36. The van der Waals surface area contributed by atoms with Gasteiger partial charge >= 0.3 is 0 Å². The molecule has 2 rings (SSSR count). The summed E-state index contributed by atoms with van der Waals surface area (Å²) in [5.74, 6) is 0.968. The maximum absolute atomic E-state index is 11.3. The van der Waals surface area contributed by atoms with E-state index in [4.69, 9.17) is 10.5 Å². The van der Waals surface area contributed by atoms with Crippen molar-refractivity contribution >= 4 is 17.5 Å². The normalized spacial score (nSPS) is 20.1. The van der Waals surface area contributed by atoms with E-state index in [1.54, 1.807) is 13.1 Å². The highest BCUT2D eigenvalue weighted by molar-refractivity contribution is 5.83. The lowest BCUT2D eigenvalue weighted by Crippen LogP contribution is -2.53. The predicted octanol–water partition coefficient (Wildman–Crippen LogP) is -0.791. The van der Waals surface area contributed by atoms with Gasteiger partial charge in [0.15, 0.2) is 0 Å². The van der Waals surface area contributed by atoms with Gasteiger partial charge < -0.3 is 20.7 Å². The van der Waals surface area contributed by atoms with Gasteiger partial charge in [-0.3, -0.25) is 4.79 Å². The summed E-state index contributed by atoms with van der Waals surface area (Å²) in [5, 5.41) is 2.93. The SMILES string of the molecule is CNc1cc(N2CCOCC2C(N)=O)ncn1. The Labute approximate surface area is 99.0 Å². The first-order chi connectivity index (χ1) is 8.22. The summed E-state index contributed by atoms with van der Waals surface area (Å²) in [4.78, 5) is 21.4. The van der Waals surface area contributed by atoms with Gasteiger partial charge in [0.25, 0.3) is 0 Å². The van der Waals surface area contributed by atoms with Crippen molar-refractivity contribution in [3.63, 3.8) is 0 Å². The highest BCUT2D eigenvalue weighted by Crippen LogP contribution is 2.18. The van der Waals surface area contributed by atoms with Gasteiger partial charge in [0.2, 0.25) is 5.91 Å². The quantitative estimate of drug-likeness (QED) is 0.715. The zero-order valence-corrected chi connectivity index (χ0v) is 9.59. The van der Waals surface area contributed by atoms with Gasteiger partial charge in [-0.1, -0.05) is 0 Å². The maximum atomic E-state index is 11.3. The van der Waals surface area contributed by atoms with Crippen molar-refractivity contribution in [3.8, 4) is 0 Å². The van der Waals surface area contributed by atoms with Crippen molar-refractivity contribution in [1.29, 1.82) is 0 Å². The van der Waals surface area contributed by atoms with Gasteiger partial charge in [0, 0.05) is 19.7 Å². The third kappa shape index (κ3) is 2.44. The molecular formula is C10H15N5O2. The van der Waals surface area contributed by atoms with Crippen LogP contribution < -0.4 is 16.0 Å². The van der Waals surface area contributed by atoms with E-state index in [1.807, 2.05) is 4.90 Å². The summed E-state index contributed by atoms with van der Waals surface area (Å²) in [6.07, 6.45) is 1.45. The number of rotatable bonds is 3. The Hall–Kier alpha value is -1.89. The van der Waals surface area contributed by atoms with Crippen molar-refractivity contribution in [2.24, 2.45) is 5.73 Å². The molecule has 7 heteroatoms. The van der Waals surface area contributed by atoms with Gasteiger partial charge in [0.05, 0.1) is 13.2 Å². The summed E-state index contributed by atoms with van der Waals surface area (Å²) < 4.78 is 5.25. The molecule has 0 aliphatic carbocycles. The topological polar surface area (TPSA) is 93.4 Å². The van der Waals surface area contributed by atoms with Crippen molar-refractivity contribution in [2.45, 2.75) is 6.04 Å². The molecule has 1 aliphatic rings. The lowest BCUT2D eigenvalue weighted by Gasteiger charge is -2.34. The molecule has 0 aromatic carbocycles. The zero-order valence-electron chi connectivity index (χ0n) is 9.59. The molecule has 7 nitrogen and oxygen atoms in total. The van der Waals surface area contributed by atoms with E-state index in [0.29, 0.717) is 31.4 Å². The second-order valence-electron chi connectivity index (χ2n) is 3.70. The number of primary amides is 1. The molecule has 0 radical (unpaired) electrons. The van der Waals surface area contributed by atoms with E-state index < -0.39 is 11.9 Å². The lowest BCUT2D eigenvalue weighted by atomic mass is 10.2. The Kier molecular flexibility index (Phi) is 3.38. The smallest absolute Gasteiger partial charge is 0.242 e. The zero-order chi connectivity index (χ0) is 12.3. The first kappa shape index (κ1) is 11.6. The number of morpholine rings is 1. The van der Waals surface area contributed by atoms with E-state index in [9.17, 15) is 4.79 Å². The highest BCUT2D eigenvalue weighted by Gasteiger charge is 2.28. The Morgan fingerprint density at radius 1 is 1.65 bits per heavy atom. The van der Waals surface area contributed by atoms with Crippen LogP contribution >= 0.6 is 0 Å². The Morgan fingerprint density at radius 2 is 2.47 bits per heavy atom. The number of carbonyl (C=O) groups excluding carboxylic acids is 1. The van der Waals surface area contributed by atoms with Crippen molar-refractivity contribution in [3.05, 3.63) is 12.4 Å². The Bertz CT molecular complexity index is 411. The van der Waals surface area contributed by atoms with E-state index in [-0.39, 0.29) is 0 Å². The fourth-order valence-corrected chi connectivity index (χ4v) is 1.75. The molecule has 1 saturated heterocycles. The van der Waals surface area contributed by atoms with Crippen molar-refractivity contribution in [1.82, 2.24) is 9.97 Å². The molecule has 1 unspecified atom stereocenters. The van der Waals surface area contributed by atoms with Crippen LogP contribution in [0.4, 0.5) is 11.6 Å². The van der Waals surface area contributed by atoms with Crippen LogP contribution in [-0.2, 0) is 9.53 Å². The fraction of sp³-hybridized carbons (Fsp3) is 0.500. The molecular weight excluding hydrogens is 222 g/mol. The number of anilines is 2. The summed E-state index contributed by atoms with van der Waals surface area (Å²) in [6, 6.07) is 1.31. The van der Waals surface area contributed by atoms with E-state index in [2.05, 4.69) is 15.3 Å². The maximum Gasteiger partial charge on any atom is 0.242 e. The molecule has 17 heavy (non-hydrogen) atoms. The number of carbonyl (C=O) groups is 1. The Balaban J connectivity index is 2.26. The second-order valence-corrected chi connectivity index (χ2v) is 3.70. The molecule has 92 valence electrons. The molecule has 1 fully saturated rings. The number of amides is 1. The van der Waals surface area contributed by atoms with Crippen LogP contribution in [0.15, 0.2) is 12.4 Å². The third-order valence-corrected chi connectivity index (χ3v) is 2.66. The molecule has 2 heterocycles. The summed E-state index contributed by atoms with van der Waals surface area (Å²) in [6.45, 7) is 1.45. The first-order valence-electron chi connectivity index (χ1n) is 5.36. The van der Waals surface area contributed by atoms with Crippen LogP contribution in [0.5, 0.6) is 0 Å². The number of nitrogens with zero attached hydrogens (tertiary/aromatic N) is 3. The third-order valence-electron chi connectivity index (χ3n) is 2.66. The van der Waals surface area contributed by atoms with Crippen LogP contribution in [0.25, 0.3) is 0 Å². The summed E-state index contributed by atoms with van der Waals surface area (Å²) in [7, 11) is 1.77.